The number of carbonyl (C=O) groups is 1. The van der Waals surface area contributed by atoms with Crippen LogP contribution in [0.15, 0.2) is 78.0 Å². The Balaban J connectivity index is 1.61. The molecule has 31 heavy (non-hydrogen) atoms. The van der Waals surface area contributed by atoms with Crippen molar-refractivity contribution in [3.05, 3.63) is 89.5 Å². The van der Waals surface area contributed by atoms with Crippen molar-refractivity contribution in [3.63, 3.8) is 0 Å². The van der Waals surface area contributed by atoms with Crippen LogP contribution in [0.3, 0.4) is 0 Å². The molecule has 9 heteroatoms. The molecule has 1 aromatic heterocycles. The summed E-state index contributed by atoms with van der Waals surface area (Å²) in [5.41, 5.74) is 1.00. The number of hydrogen-bond donors (Lipinski definition) is 1. The number of amides is 1. The summed E-state index contributed by atoms with van der Waals surface area (Å²) >= 11 is 6.96. The molecule has 0 fully saturated rings. The molecule has 0 saturated carbocycles. The summed E-state index contributed by atoms with van der Waals surface area (Å²) in [7, 11) is 0. The highest BCUT2D eigenvalue weighted by Crippen LogP contribution is 2.29. The first-order valence-electron chi connectivity index (χ1n) is 9.16. The van der Waals surface area contributed by atoms with Gasteiger partial charge in [0, 0.05) is 10.7 Å². The zero-order chi connectivity index (χ0) is 21.8. The smallest absolute Gasteiger partial charge is 0.234 e. The molecule has 0 spiro atoms. The van der Waals surface area contributed by atoms with E-state index in [4.69, 9.17) is 11.6 Å². The lowest BCUT2D eigenvalue weighted by molar-refractivity contribution is -0.113. The minimum absolute atomic E-state index is 0.00493. The third-order valence-electron chi connectivity index (χ3n) is 4.30. The number of anilines is 1. The van der Waals surface area contributed by atoms with Gasteiger partial charge in [-0.05, 0) is 42.5 Å². The van der Waals surface area contributed by atoms with Crippen LogP contribution in [-0.2, 0) is 4.79 Å². The van der Waals surface area contributed by atoms with Gasteiger partial charge in [0.15, 0.2) is 11.0 Å². The van der Waals surface area contributed by atoms with Crippen LogP contribution in [0.25, 0.3) is 17.1 Å². The zero-order valence-electron chi connectivity index (χ0n) is 15.9. The van der Waals surface area contributed by atoms with Crippen molar-refractivity contribution in [2.24, 2.45) is 0 Å². The second-order valence-electron chi connectivity index (χ2n) is 6.42. The van der Waals surface area contributed by atoms with E-state index in [1.807, 2.05) is 30.3 Å². The first-order chi connectivity index (χ1) is 15.0. The molecular weight excluding hydrogens is 442 g/mol. The first-order valence-corrected chi connectivity index (χ1v) is 10.5. The van der Waals surface area contributed by atoms with Crippen LogP contribution in [-0.4, -0.2) is 26.4 Å². The van der Waals surface area contributed by atoms with Gasteiger partial charge in [0.2, 0.25) is 5.91 Å². The Morgan fingerprint density at radius 1 is 0.968 bits per heavy atom. The summed E-state index contributed by atoms with van der Waals surface area (Å²) in [6.07, 6.45) is 0. The van der Waals surface area contributed by atoms with Crippen LogP contribution in [0.5, 0.6) is 0 Å². The quantitative estimate of drug-likeness (QED) is 0.384. The van der Waals surface area contributed by atoms with Gasteiger partial charge in [-0.1, -0.05) is 53.7 Å². The van der Waals surface area contributed by atoms with Crippen molar-refractivity contribution in [2.45, 2.75) is 5.16 Å². The summed E-state index contributed by atoms with van der Waals surface area (Å²) in [6.45, 7) is 0. The summed E-state index contributed by atoms with van der Waals surface area (Å²) < 4.78 is 30.0. The van der Waals surface area contributed by atoms with E-state index in [-0.39, 0.29) is 17.0 Å². The van der Waals surface area contributed by atoms with Crippen molar-refractivity contribution < 1.29 is 13.6 Å². The molecular formula is C22H15ClF2N4OS. The second kappa shape index (κ2) is 9.28. The van der Waals surface area contributed by atoms with Gasteiger partial charge in [-0.2, -0.15) is 0 Å². The fourth-order valence-corrected chi connectivity index (χ4v) is 3.82. The standard InChI is InChI=1S/C22H15ClF2N4OS/c23-14-10-11-18(25)19(12-14)26-20(30)13-31-22-28-27-21(16-8-4-5-9-17(16)24)29(22)15-6-2-1-3-7-15/h1-12H,13H2,(H,26,30). The van der Waals surface area contributed by atoms with E-state index < -0.39 is 17.5 Å². The molecule has 156 valence electrons. The molecule has 0 bridgehead atoms. The zero-order valence-corrected chi connectivity index (χ0v) is 17.5. The number of thioether (sulfide) groups is 1. The molecule has 0 saturated heterocycles. The summed E-state index contributed by atoms with van der Waals surface area (Å²) in [6, 6.07) is 19.4. The van der Waals surface area contributed by atoms with Crippen LogP contribution < -0.4 is 5.32 Å². The van der Waals surface area contributed by atoms with Crippen LogP contribution >= 0.6 is 23.4 Å². The molecule has 0 unspecified atom stereocenters. The number of rotatable bonds is 6. The van der Waals surface area contributed by atoms with Crippen LogP contribution in [0.1, 0.15) is 0 Å². The van der Waals surface area contributed by atoms with Gasteiger partial charge in [0.1, 0.15) is 11.6 Å². The number of halogens is 3. The number of benzene rings is 3. The monoisotopic (exact) mass is 456 g/mol. The van der Waals surface area contributed by atoms with Gasteiger partial charge >= 0.3 is 0 Å². The van der Waals surface area contributed by atoms with E-state index in [1.54, 1.807) is 22.8 Å². The molecule has 0 aliphatic rings. The average Bonchev–Trinajstić information content (AvgIpc) is 3.19. The van der Waals surface area contributed by atoms with E-state index in [9.17, 15) is 13.6 Å². The van der Waals surface area contributed by atoms with Crippen molar-refractivity contribution in [1.82, 2.24) is 14.8 Å². The molecule has 0 aliphatic heterocycles. The fourth-order valence-electron chi connectivity index (χ4n) is 2.90. The maximum absolute atomic E-state index is 14.4. The van der Waals surface area contributed by atoms with Crippen LogP contribution in [0, 0.1) is 11.6 Å². The number of carbonyl (C=O) groups excluding carboxylic acids is 1. The molecule has 1 N–H and O–H groups in total. The van der Waals surface area contributed by atoms with Gasteiger partial charge in [-0.25, -0.2) is 8.78 Å². The maximum atomic E-state index is 14.4. The minimum atomic E-state index is -0.586. The highest BCUT2D eigenvalue weighted by Gasteiger charge is 2.19. The Kier molecular flexibility index (Phi) is 6.29. The van der Waals surface area contributed by atoms with Gasteiger partial charge in [0.05, 0.1) is 17.0 Å². The minimum Gasteiger partial charge on any atom is -0.323 e. The molecule has 4 rings (SSSR count). The lowest BCUT2D eigenvalue weighted by Crippen LogP contribution is -2.15. The Morgan fingerprint density at radius 3 is 2.48 bits per heavy atom. The lowest BCUT2D eigenvalue weighted by atomic mass is 10.2. The average molecular weight is 457 g/mol. The molecule has 3 aromatic carbocycles. The SMILES string of the molecule is O=C(CSc1nnc(-c2ccccc2F)n1-c1ccccc1)Nc1cc(Cl)ccc1F. The molecule has 5 nitrogen and oxygen atoms in total. The lowest BCUT2D eigenvalue weighted by Gasteiger charge is -2.11. The molecule has 0 atom stereocenters. The summed E-state index contributed by atoms with van der Waals surface area (Å²) in [4.78, 5) is 12.4. The van der Waals surface area contributed by atoms with Gasteiger partial charge in [0.25, 0.3) is 0 Å². The predicted octanol–water partition coefficient (Wildman–Crippen LogP) is 5.60. The Hall–Kier alpha value is -3.23. The highest BCUT2D eigenvalue weighted by atomic mass is 35.5. The van der Waals surface area contributed by atoms with E-state index in [1.165, 1.54) is 24.3 Å². The fraction of sp³-hybridized carbons (Fsp3) is 0.0455. The van der Waals surface area contributed by atoms with Gasteiger partial charge < -0.3 is 5.32 Å². The molecule has 4 aromatic rings. The predicted molar refractivity (Wildman–Crippen MR) is 118 cm³/mol. The molecule has 0 aliphatic carbocycles. The van der Waals surface area contributed by atoms with Crippen LogP contribution in [0.2, 0.25) is 5.02 Å². The van der Waals surface area contributed by atoms with Crippen molar-refractivity contribution in [3.8, 4) is 17.1 Å². The Labute approximate surface area is 186 Å². The molecule has 1 heterocycles. The van der Waals surface area contributed by atoms with Crippen molar-refractivity contribution in [1.29, 1.82) is 0 Å². The van der Waals surface area contributed by atoms with Gasteiger partial charge in [-0.15, -0.1) is 10.2 Å². The third kappa shape index (κ3) is 4.76. The Morgan fingerprint density at radius 2 is 1.71 bits per heavy atom. The van der Waals surface area contributed by atoms with Crippen molar-refractivity contribution in [2.75, 3.05) is 11.1 Å². The summed E-state index contributed by atoms with van der Waals surface area (Å²) in [5.74, 6) is -1.21. The number of nitrogens with one attached hydrogen (secondary N) is 1. The maximum Gasteiger partial charge on any atom is 0.234 e. The van der Waals surface area contributed by atoms with Crippen molar-refractivity contribution >= 4 is 35.0 Å². The number of para-hydroxylation sites is 1. The van der Waals surface area contributed by atoms with Crippen LogP contribution in [0.4, 0.5) is 14.5 Å². The third-order valence-corrected chi connectivity index (χ3v) is 5.46. The van der Waals surface area contributed by atoms with Gasteiger partial charge in [-0.3, -0.25) is 9.36 Å². The second-order valence-corrected chi connectivity index (χ2v) is 7.80. The molecule has 0 radical (unpaired) electrons. The first kappa shape index (κ1) is 21.0. The number of nitrogens with zero attached hydrogens (tertiary/aromatic N) is 3. The van der Waals surface area contributed by atoms with E-state index >= 15 is 0 Å². The topological polar surface area (TPSA) is 59.8 Å². The van der Waals surface area contributed by atoms with E-state index in [0.717, 1.165) is 17.4 Å². The largest absolute Gasteiger partial charge is 0.323 e. The number of aromatic nitrogens is 3. The Bertz CT molecular complexity index is 1230. The van der Waals surface area contributed by atoms with E-state index in [0.29, 0.717) is 16.0 Å². The highest BCUT2D eigenvalue weighted by molar-refractivity contribution is 7.99. The number of hydrogen-bond acceptors (Lipinski definition) is 4. The molecule has 1 amide bonds. The normalized spacial score (nSPS) is 10.8. The summed E-state index contributed by atoms with van der Waals surface area (Å²) in [5, 5.41) is 11.5. The van der Waals surface area contributed by atoms with E-state index in [2.05, 4.69) is 15.5 Å².